The van der Waals surface area contributed by atoms with E-state index in [9.17, 15) is 24.9 Å². The second-order valence-corrected chi connectivity index (χ2v) is 9.61. The highest BCUT2D eigenvalue weighted by Gasteiger charge is 2.68. The summed E-state index contributed by atoms with van der Waals surface area (Å²) in [6, 6.07) is 0. The molecule has 3 fully saturated rings. The van der Waals surface area contributed by atoms with Crippen molar-refractivity contribution in [3.8, 4) is 0 Å². The predicted octanol–water partition coefficient (Wildman–Crippen LogP) is 1.64. The van der Waals surface area contributed by atoms with Gasteiger partial charge in [0.05, 0.1) is 6.10 Å². The molecular formula is C21H30O5. The molecule has 0 aromatic carbocycles. The second-order valence-electron chi connectivity index (χ2n) is 9.61. The summed E-state index contributed by atoms with van der Waals surface area (Å²) in [7, 11) is 0. The molecule has 0 amide bonds. The number of fused-ring (bicyclic) bond motifs is 5. The van der Waals surface area contributed by atoms with Crippen molar-refractivity contribution in [3.63, 3.8) is 0 Å². The lowest BCUT2D eigenvalue weighted by Crippen LogP contribution is -2.62. The smallest absolute Gasteiger partial charge is 0.190 e. The maximum absolute atomic E-state index is 12.4. The van der Waals surface area contributed by atoms with Gasteiger partial charge in [0.2, 0.25) is 0 Å². The molecule has 0 unspecified atom stereocenters. The van der Waals surface area contributed by atoms with Gasteiger partial charge in [-0.15, -0.1) is 0 Å². The van der Waals surface area contributed by atoms with Crippen molar-refractivity contribution in [1.82, 2.24) is 0 Å². The topological polar surface area (TPSA) is 94.8 Å². The Morgan fingerprint density at radius 1 is 1.27 bits per heavy atom. The first-order chi connectivity index (χ1) is 12.2. The molecular weight excluding hydrogens is 332 g/mol. The van der Waals surface area contributed by atoms with Crippen molar-refractivity contribution in [1.29, 1.82) is 0 Å². The van der Waals surface area contributed by atoms with Gasteiger partial charge in [0.15, 0.2) is 11.6 Å². The van der Waals surface area contributed by atoms with Crippen LogP contribution in [0.15, 0.2) is 12.2 Å². The number of Topliss-reactive ketones (excluding diaryl/α,β-unsaturated/α-hetero) is 1. The minimum absolute atomic E-state index is 0.0512. The Hall–Kier alpha value is -1.04. The lowest BCUT2D eigenvalue weighted by molar-refractivity contribution is -0.188. The summed E-state index contributed by atoms with van der Waals surface area (Å²) in [6.07, 6.45) is 6.97. The Bertz CT molecular complexity index is 671. The quantitative estimate of drug-likeness (QED) is 0.694. The molecule has 3 N–H and O–H groups in total. The average molecular weight is 362 g/mol. The summed E-state index contributed by atoms with van der Waals surface area (Å²) in [5, 5.41) is 31.7. The number of carbonyl (C=O) groups excluding carboxylic acids is 2. The van der Waals surface area contributed by atoms with E-state index >= 15 is 0 Å². The predicted molar refractivity (Wildman–Crippen MR) is 95.1 cm³/mol. The standard InChI is InChI=1S/C21H30O5/c1-19-7-5-13(23)9-12(19)3-4-14-15-6-8-21(26,17(25)11-22)20(15,2)10-16(24)18(14)19/h5,7,12,14-16,18,22,24,26H,3-4,6,8-11H2,1-2H3/t12-,14+,15+,16+,18-,19+,20+,21+/m1/s1. The average Bonchev–Trinajstić information content (AvgIpc) is 2.86. The van der Waals surface area contributed by atoms with E-state index in [0.717, 1.165) is 19.3 Å². The molecule has 0 heterocycles. The summed E-state index contributed by atoms with van der Waals surface area (Å²) >= 11 is 0. The van der Waals surface area contributed by atoms with E-state index in [2.05, 4.69) is 6.92 Å². The van der Waals surface area contributed by atoms with Gasteiger partial charge in [0.25, 0.3) is 0 Å². The Morgan fingerprint density at radius 2 is 2.00 bits per heavy atom. The molecule has 4 rings (SSSR count). The van der Waals surface area contributed by atoms with Crippen molar-refractivity contribution in [2.24, 2.45) is 34.5 Å². The monoisotopic (exact) mass is 362 g/mol. The highest BCUT2D eigenvalue weighted by molar-refractivity contribution is 5.91. The molecule has 0 bridgehead atoms. The number of ketones is 2. The van der Waals surface area contributed by atoms with Gasteiger partial charge in [-0.1, -0.05) is 19.9 Å². The third kappa shape index (κ3) is 2.14. The zero-order valence-electron chi connectivity index (χ0n) is 15.6. The fourth-order valence-electron chi connectivity index (χ4n) is 7.35. The molecule has 3 saturated carbocycles. The number of rotatable bonds is 2. The van der Waals surface area contributed by atoms with Crippen molar-refractivity contribution in [2.45, 2.75) is 64.1 Å². The first-order valence-electron chi connectivity index (χ1n) is 9.94. The lowest BCUT2D eigenvalue weighted by atomic mass is 9.44. The van der Waals surface area contributed by atoms with E-state index in [0.29, 0.717) is 19.3 Å². The summed E-state index contributed by atoms with van der Waals surface area (Å²) in [5.74, 6) is 0.347. The van der Waals surface area contributed by atoms with Crippen LogP contribution < -0.4 is 0 Å². The van der Waals surface area contributed by atoms with Crippen LogP contribution in [0.25, 0.3) is 0 Å². The van der Waals surface area contributed by atoms with Gasteiger partial charge < -0.3 is 15.3 Å². The molecule has 4 aliphatic rings. The van der Waals surface area contributed by atoms with E-state index in [4.69, 9.17) is 0 Å². The van der Waals surface area contributed by atoms with Crippen LogP contribution in [0.3, 0.4) is 0 Å². The van der Waals surface area contributed by atoms with Crippen LogP contribution in [-0.4, -0.2) is 45.2 Å². The Morgan fingerprint density at radius 3 is 2.69 bits per heavy atom. The van der Waals surface area contributed by atoms with Crippen LogP contribution in [0.4, 0.5) is 0 Å². The van der Waals surface area contributed by atoms with Gasteiger partial charge in [-0.25, -0.2) is 0 Å². The molecule has 0 aliphatic heterocycles. The number of allylic oxidation sites excluding steroid dienone is 2. The molecule has 0 aromatic heterocycles. The van der Waals surface area contributed by atoms with E-state index in [1.807, 2.05) is 13.0 Å². The Labute approximate surface area is 154 Å². The molecule has 0 saturated heterocycles. The van der Waals surface area contributed by atoms with Gasteiger partial charge in [-0.2, -0.15) is 0 Å². The SMILES string of the molecule is C[C@]12C=CC(=O)C[C@H]1CC[C@@H]1[C@@H]2[C@@H](O)C[C@@]2(C)[C@H]1CC[C@]2(O)C(=O)CO. The van der Waals surface area contributed by atoms with Crippen molar-refractivity contribution in [3.05, 3.63) is 12.2 Å². The van der Waals surface area contributed by atoms with Crippen molar-refractivity contribution < 1.29 is 24.9 Å². The Kier molecular flexibility index (Phi) is 4.04. The summed E-state index contributed by atoms with van der Waals surface area (Å²) in [6.45, 7) is 3.43. The van der Waals surface area contributed by atoms with Crippen LogP contribution in [0.1, 0.15) is 52.4 Å². The van der Waals surface area contributed by atoms with E-state index in [-0.39, 0.29) is 34.9 Å². The zero-order chi connectivity index (χ0) is 18.9. The minimum Gasteiger partial charge on any atom is -0.393 e. The third-order valence-electron chi connectivity index (χ3n) is 8.73. The molecule has 5 heteroatoms. The maximum Gasteiger partial charge on any atom is 0.190 e. The number of hydrogen-bond acceptors (Lipinski definition) is 5. The molecule has 26 heavy (non-hydrogen) atoms. The summed E-state index contributed by atoms with van der Waals surface area (Å²) in [4.78, 5) is 24.2. The number of aliphatic hydroxyl groups excluding tert-OH is 2. The molecule has 5 nitrogen and oxygen atoms in total. The van der Waals surface area contributed by atoms with Crippen molar-refractivity contribution >= 4 is 11.6 Å². The summed E-state index contributed by atoms with van der Waals surface area (Å²) < 4.78 is 0. The number of hydrogen-bond donors (Lipinski definition) is 3. The fraction of sp³-hybridized carbons (Fsp3) is 0.810. The second kappa shape index (κ2) is 5.73. The molecule has 0 radical (unpaired) electrons. The highest BCUT2D eigenvalue weighted by atomic mass is 16.3. The van der Waals surface area contributed by atoms with Crippen LogP contribution in [0, 0.1) is 34.5 Å². The number of aliphatic hydroxyl groups is 3. The van der Waals surface area contributed by atoms with E-state index < -0.39 is 29.5 Å². The van der Waals surface area contributed by atoms with Crippen LogP contribution in [0.2, 0.25) is 0 Å². The van der Waals surface area contributed by atoms with Gasteiger partial charge >= 0.3 is 0 Å². The van der Waals surface area contributed by atoms with Gasteiger partial charge in [0.1, 0.15) is 12.2 Å². The van der Waals surface area contributed by atoms with Crippen LogP contribution in [0.5, 0.6) is 0 Å². The third-order valence-corrected chi connectivity index (χ3v) is 8.73. The van der Waals surface area contributed by atoms with Crippen molar-refractivity contribution in [2.75, 3.05) is 6.61 Å². The van der Waals surface area contributed by atoms with Gasteiger partial charge in [0, 0.05) is 11.8 Å². The zero-order valence-corrected chi connectivity index (χ0v) is 15.6. The highest BCUT2D eigenvalue weighted by Crippen LogP contribution is 2.67. The van der Waals surface area contributed by atoms with Gasteiger partial charge in [-0.05, 0) is 67.3 Å². The minimum atomic E-state index is -1.55. The number of carbonyl (C=O) groups is 2. The van der Waals surface area contributed by atoms with E-state index in [1.54, 1.807) is 6.08 Å². The largest absolute Gasteiger partial charge is 0.393 e. The molecule has 0 aromatic rings. The first kappa shape index (κ1) is 18.3. The normalized spacial score (nSPS) is 53.0. The van der Waals surface area contributed by atoms with Gasteiger partial charge in [-0.3, -0.25) is 9.59 Å². The first-order valence-corrected chi connectivity index (χ1v) is 9.94. The maximum atomic E-state index is 12.4. The molecule has 4 aliphatic carbocycles. The molecule has 144 valence electrons. The van der Waals surface area contributed by atoms with E-state index in [1.165, 1.54) is 0 Å². The summed E-state index contributed by atoms with van der Waals surface area (Å²) in [5.41, 5.74) is -2.46. The molecule has 0 spiro atoms. The fourth-order valence-corrected chi connectivity index (χ4v) is 7.35. The molecule has 8 atom stereocenters. The van der Waals surface area contributed by atoms with Crippen LogP contribution >= 0.6 is 0 Å². The van der Waals surface area contributed by atoms with Crippen LogP contribution in [-0.2, 0) is 9.59 Å². The Balaban J connectivity index is 1.73. The lowest BCUT2D eigenvalue weighted by Gasteiger charge is -2.61.